The number of hydrogen-bond donors (Lipinski definition) is 0. The quantitative estimate of drug-likeness (QED) is 0.741. The molecule has 1 heterocycles. The van der Waals surface area contributed by atoms with E-state index in [1.165, 1.54) is 0 Å². The molecule has 0 fully saturated rings. The third-order valence-corrected chi connectivity index (χ3v) is 1.76. The van der Waals surface area contributed by atoms with Crippen LogP contribution in [0.4, 0.5) is 26.3 Å². The summed E-state index contributed by atoms with van der Waals surface area (Å²) < 4.78 is 72.3. The summed E-state index contributed by atoms with van der Waals surface area (Å²) in [5, 5.41) is 2.04. The van der Waals surface area contributed by atoms with Crippen molar-refractivity contribution in [3.05, 3.63) is 27.1 Å². The van der Waals surface area contributed by atoms with E-state index in [0.717, 1.165) is 0 Å². The lowest BCUT2D eigenvalue weighted by atomic mass is 10.3. The van der Waals surface area contributed by atoms with Crippen LogP contribution in [0.15, 0.2) is 10.9 Å². The predicted octanol–water partition coefficient (Wildman–Crippen LogP) is 2.48. The molecule has 0 aliphatic heterocycles. The van der Waals surface area contributed by atoms with Crippen LogP contribution in [0.1, 0.15) is 5.56 Å². The second-order valence-electron chi connectivity index (χ2n) is 2.96. The Bertz CT molecular complexity index is 477. The Kier molecular flexibility index (Phi) is 3.42. The summed E-state index contributed by atoms with van der Waals surface area (Å²) in [5.41, 5.74) is -3.68. The van der Waals surface area contributed by atoms with Gasteiger partial charge in [0.2, 0.25) is 0 Å². The standard InChI is InChI=1S/C7H3ClF6N2O/c8-4-1-3(7(12,13)14)5(17)16(15-4)2-6(9,10)11/h1H,2H2. The van der Waals surface area contributed by atoms with E-state index in [4.69, 9.17) is 11.6 Å². The molecular formula is C7H3ClF6N2O. The molecule has 0 N–H and O–H groups in total. The highest BCUT2D eigenvalue weighted by Crippen LogP contribution is 2.27. The first-order chi connectivity index (χ1) is 7.50. The average molecular weight is 281 g/mol. The van der Waals surface area contributed by atoms with Crippen LogP contribution in [-0.2, 0) is 12.7 Å². The lowest BCUT2D eigenvalue weighted by Crippen LogP contribution is -2.34. The number of alkyl halides is 6. The van der Waals surface area contributed by atoms with Crippen molar-refractivity contribution in [2.24, 2.45) is 0 Å². The second kappa shape index (κ2) is 4.21. The smallest absolute Gasteiger partial charge is 0.267 e. The maximum Gasteiger partial charge on any atom is 0.421 e. The van der Waals surface area contributed by atoms with E-state index in [1.807, 2.05) is 0 Å². The Hall–Kier alpha value is -1.25. The summed E-state index contributed by atoms with van der Waals surface area (Å²) in [6, 6.07) is 0.177. The van der Waals surface area contributed by atoms with Crippen LogP contribution in [0.5, 0.6) is 0 Å². The van der Waals surface area contributed by atoms with Crippen molar-refractivity contribution < 1.29 is 26.3 Å². The first kappa shape index (κ1) is 13.8. The van der Waals surface area contributed by atoms with Gasteiger partial charge in [-0.05, 0) is 6.07 Å². The molecule has 3 nitrogen and oxygen atoms in total. The molecule has 0 atom stereocenters. The zero-order valence-corrected chi connectivity index (χ0v) is 8.49. The molecule has 0 radical (unpaired) electrons. The molecule has 0 saturated carbocycles. The van der Waals surface area contributed by atoms with Gasteiger partial charge in [0, 0.05) is 0 Å². The third kappa shape index (κ3) is 3.62. The number of aromatic nitrogens is 2. The van der Waals surface area contributed by atoms with Crippen LogP contribution >= 0.6 is 11.6 Å². The number of rotatable bonds is 1. The van der Waals surface area contributed by atoms with Crippen LogP contribution in [0.2, 0.25) is 5.15 Å². The topological polar surface area (TPSA) is 34.9 Å². The minimum atomic E-state index is -5.09. The van der Waals surface area contributed by atoms with Crippen LogP contribution in [-0.4, -0.2) is 16.0 Å². The number of halogens is 7. The van der Waals surface area contributed by atoms with E-state index < -0.39 is 35.2 Å². The van der Waals surface area contributed by atoms with Gasteiger partial charge in [-0.25, -0.2) is 4.68 Å². The Morgan fingerprint density at radius 3 is 2.18 bits per heavy atom. The first-order valence-corrected chi connectivity index (χ1v) is 4.30. The van der Waals surface area contributed by atoms with E-state index in [-0.39, 0.29) is 10.7 Å². The summed E-state index contributed by atoms with van der Waals surface area (Å²) in [4.78, 5) is 11.1. The van der Waals surface area contributed by atoms with Crippen molar-refractivity contribution in [2.45, 2.75) is 18.9 Å². The number of hydrogen-bond acceptors (Lipinski definition) is 2. The minimum absolute atomic E-state index is 0.177. The summed E-state index contributed by atoms with van der Waals surface area (Å²) in [6.07, 6.45) is -9.96. The molecule has 1 aromatic rings. The minimum Gasteiger partial charge on any atom is -0.267 e. The van der Waals surface area contributed by atoms with E-state index in [2.05, 4.69) is 5.10 Å². The normalized spacial score (nSPS) is 12.9. The fraction of sp³-hybridized carbons (Fsp3) is 0.429. The van der Waals surface area contributed by atoms with Gasteiger partial charge in [-0.2, -0.15) is 31.4 Å². The fourth-order valence-electron chi connectivity index (χ4n) is 0.990. The molecule has 0 unspecified atom stereocenters. The van der Waals surface area contributed by atoms with E-state index >= 15 is 0 Å². The molecule has 10 heteroatoms. The van der Waals surface area contributed by atoms with Gasteiger partial charge in [0.1, 0.15) is 17.3 Å². The van der Waals surface area contributed by atoms with Crippen LogP contribution in [0.25, 0.3) is 0 Å². The predicted molar refractivity (Wildman–Crippen MR) is 44.6 cm³/mol. The van der Waals surface area contributed by atoms with Gasteiger partial charge in [-0.15, -0.1) is 0 Å². The Morgan fingerprint density at radius 1 is 1.24 bits per heavy atom. The first-order valence-electron chi connectivity index (χ1n) is 3.92. The molecule has 0 aliphatic carbocycles. The summed E-state index contributed by atoms with van der Waals surface area (Å²) in [5.74, 6) is 0. The molecule has 17 heavy (non-hydrogen) atoms. The molecule has 0 spiro atoms. The van der Waals surface area contributed by atoms with Crippen molar-refractivity contribution in [1.29, 1.82) is 0 Å². The van der Waals surface area contributed by atoms with Crippen LogP contribution in [0, 0.1) is 0 Å². The monoisotopic (exact) mass is 280 g/mol. The van der Waals surface area contributed by atoms with Crippen LogP contribution in [0.3, 0.4) is 0 Å². The Morgan fingerprint density at radius 2 is 1.76 bits per heavy atom. The third-order valence-electron chi connectivity index (χ3n) is 1.58. The molecule has 0 amide bonds. The molecule has 1 aromatic heterocycles. The molecule has 1 rings (SSSR count). The zero-order chi connectivity index (χ0) is 13.4. The van der Waals surface area contributed by atoms with Crippen molar-refractivity contribution in [3.63, 3.8) is 0 Å². The molecular weight excluding hydrogens is 278 g/mol. The lowest BCUT2D eigenvalue weighted by molar-refractivity contribution is -0.148. The van der Waals surface area contributed by atoms with Crippen molar-refractivity contribution in [2.75, 3.05) is 0 Å². The van der Waals surface area contributed by atoms with Gasteiger partial charge in [0.05, 0.1) is 0 Å². The average Bonchev–Trinajstić information content (AvgIpc) is 2.06. The molecule has 0 bridgehead atoms. The van der Waals surface area contributed by atoms with Gasteiger partial charge >= 0.3 is 12.4 Å². The largest absolute Gasteiger partial charge is 0.421 e. The summed E-state index contributed by atoms with van der Waals surface area (Å²) in [6.45, 7) is -1.94. The Balaban J connectivity index is 3.35. The van der Waals surface area contributed by atoms with Gasteiger partial charge in [0.15, 0.2) is 0 Å². The van der Waals surface area contributed by atoms with E-state index in [1.54, 1.807) is 0 Å². The van der Waals surface area contributed by atoms with Crippen molar-refractivity contribution in [3.8, 4) is 0 Å². The maximum absolute atomic E-state index is 12.3. The van der Waals surface area contributed by atoms with Crippen LogP contribution < -0.4 is 5.56 Å². The lowest BCUT2D eigenvalue weighted by Gasteiger charge is -2.11. The maximum atomic E-state index is 12.3. The van der Waals surface area contributed by atoms with E-state index in [0.29, 0.717) is 0 Å². The molecule has 0 aromatic carbocycles. The van der Waals surface area contributed by atoms with Gasteiger partial charge in [-0.3, -0.25) is 4.79 Å². The molecule has 0 aliphatic rings. The summed E-state index contributed by atoms with van der Waals surface area (Å²) in [7, 11) is 0. The zero-order valence-electron chi connectivity index (χ0n) is 7.73. The SMILES string of the molecule is O=c1c(C(F)(F)F)cc(Cl)nn1CC(F)(F)F. The molecule has 0 saturated heterocycles. The highest BCUT2D eigenvalue weighted by atomic mass is 35.5. The molecule has 96 valence electrons. The van der Waals surface area contributed by atoms with Crippen molar-refractivity contribution >= 4 is 11.6 Å². The Labute approximate surface area is 94.6 Å². The van der Waals surface area contributed by atoms with Gasteiger partial charge < -0.3 is 0 Å². The highest BCUT2D eigenvalue weighted by molar-refractivity contribution is 6.29. The number of nitrogens with zero attached hydrogens (tertiary/aromatic N) is 2. The van der Waals surface area contributed by atoms with Crippen molar-refractivity contribution in [1.82, 2.24) is 9.78 Å². The van der Waals surface area contributed by atoms with Gasteiger partial charge in [0.25, 0.3) is 5.56 Å². The fourth-order valence-corrected chi connectivity index (χ4v) is 1.19. The van der Waals surface area contributed by atoms with Gasteiger partial charge in [-0.1, -0.05) is 11.6 Å². The second-order valence-corrected chi connectivity index (χ2v) is 3.34. The van der Waals surface area contributed by atoms with E-state index in [9.17, 15) is 31.1 Å². The highest BCUT2D eigenvalue weighted by Gasteiger charge is 2.37. The summed E-state index contributed by atoms with van der Waals surface area (Å²) >= 11 is 5.12.